The van der Waals surface area contributed by atoms with Crippen molar-refractivity contribution in [1.29, 1.82) is 0 Å². The molecule has 0 radical (unpaired) electrons. The van der Waals surface area contributed by atoms with Crippen molar-refractivity contribution in [3.8, 4) is 0 Å². The minimum atomic E-state index is -3.39. The molecule has 1 N–H and O–H groups in total. The molecule has 0 aliphatic carbocycles. The van der Waals surface area contributed by atoms with E-state index in [-0.39, 0.29) is 43.3 Å². The number of alkyl carbamates (subject to hydrolysis) is 1. The van der Waals surface area contributed by atoms with Crippen molar-refractivity contribution in [3.63, 3.8) is 0 Å². The number of sulfone groups is 2. The third-order valence-corrected chi connectivity index (χ3v) is 13.2. The summed E-state index contributed by atoms with van der Waals surface area (Å²) in [7, 11) is -5.55. The maximum Gasteiger partial charge on any atom is 0.406 e. The van der Waals surface area contributed by atoms with Gasteiger partial charge in [-0.2, -0.15) is 0 Å². The molecule has 312 valence electrons. The summed E-state index contributed by atoms with van der Waals surface area (Å²) in [5.41, 5.74) is -5.35. The van der Waals surface area contributed by atoms with Gasteiger partial charge in [-0.15, -0.1) is 5.10 Å². The molecular weight excluding hydrogens is 811 g/mol. The number of carbonyl (C=O) groups excluding carboxylic acids is 1. The number of alkyl halides is 2. The fourth-order valence-electron chi connectivity index (χ4n) is 6.77. The number of nitrogens with zero attached hydrogens (tertiary/aromatic N) is 5. The second-order valence-electron chi connectivity index (χ2n) is 13.8. The van der Waals surface area contributed by atoms with Crippen LogP contribution in [-0.2, 0) is 52.0 Å². The summed E-state index contributed by atoms with van der Waals surface area (Å²) in [5, 5.41) is 17.6. The fraction of sp³-hybridized carbons (Fsp3) is 0.514. The van der Waals surface area contributed by atoms with E-state index >= 15 is 8.78 Å². The molecule has 57 heavy (non-hydrogen) atoms. The number of ether oxygens (including phenoxy) is 1. The van der Waals surface area contributed by atoms with Crippen LogP contribution >= 0.6 is 0 Å². The van der Waals surface area contributed by atoms with Crippen molar-refractivity contribution in [2.75, 3.05) is 36.7 Å². The number of aromatic nitrogens is 3. The zero-order valence-electron chi connectivity index (χ0n) is 29.7. The Labute approximate surface area is 324 Å². The average Bonchev–Trinajstić information content (AvgIpc) is 3.94. The first-order valence-corrected chi connectivity index (χ1v) is 20.9. The van der Waals surface area contributed by atoms with E-state index in [4.69, 9.17) is 9.68 Å². The summed E-state index contributed by atoms with van der Waals surface area (Å²) >= 11 is 0. The highest BCUT2D eigenvalue weighted by Gasteiger charge is 2.44. The number of benzene rings is 2. The lowest BCUT2D eigenvalue weighted by Gasteiger charge is -2.30. The van der Waals surface area contributed by atoms with Crippen LogP contribution in [0.25, 0.3) is 0 Å². The SMILES string of the molecule is C.COC(=O)NC[C@H]1CC(c2cc(F)c(C3(F)CCS(=O)(=O)CC3)c(F)c2)=NO1.O=S1(=O)CCC(F)(c2c(F)cc(C3=NO[C@@H](Cn4ccnn4)C3)cc2F)CC1. The Morgan fingerprint density at radius 3 is 1.61 bits per heavy atom. The van der Waals surface area contributed by atoms with Crippen molar-refractivity contribution in [2.24, 2.45) is 10.3 Å². The lowest BCUT2D eigenvalue weighted by Crippen LogP contribution is -2.35. The molecule has 0 unspecified atom stereocenters. The summed E-state index contributed by atoms with van der Waals surface area (Å²) in [6, 6.07) is 3.95. The molecule has 7 rings (SSSR count). The Kier molecular flexibility index (Phi) is 13.0. The molecule has 2 saturated heterocycles. The lowest BCUT2D eigenvalue weighted by molar-refractivity contribution is 0.0693. The van der Waals surface area contributed by atoms with Gasteiger partial charge in [0.2, 0.25) is 0 Å². The zero-order valence-corrected chi connectivity index (χ0v) is 31.3. The first kappa shape index (κ1) is 43.4. The Hall–Kier alpha value is -4.73. The number of oxime groups is 2. The number of amides is 1. The average molecular weight is 851 g/mol. The van der Waals surface area contributed by atoms with E-state index in [0.717, 1.165) is 24.3 Å². The van der Waals surface area contributed by atoms with Crippen molar-refractivity contribution < 1.29 is 62.4 Å². The van der Waals surface area contributed by atoms with E-state index in [2.05, 4.69) is 30.7 Å². The van der Waals surface area contributed by atoms with Gasteiger partial charge < -0.3 is 19.7 Å². The highest BCUT2D eigenvalue weighted by Crippen LogP contribution is 2.42. The first-order chi connectivity index (χ1) is 26.4. The molecule has 3 aromatic rings. The summed E-state index contributed by atoms with van der Waals surface area (Å²) in [6.45, 7) is 0.461. The van der Waals surface area contributed by atoms with E-state index in [1.165, 1.54) is 13.3 Å². The van der Waals surface area contributed by atoms with E-state index in [0.29, 0.717) is 18.7 Å². The molecule has 2 aromatic carbocycles. The van der Waals surface area contributed by atoms with Gasteiger partial charge in [0.1, 0.15) is 34.6 Å². The normalized spacial score (nSPS) is 22.6. The molecule has 4 aliphatic rings. The monoisotopic (exact) mass is 850 g/mol. The van der Waals surface area contributed by atoms with Crippen molar-refractivity contribution in [1.82, 2.24) is 20.3 Å². The van der Waals surface area contributed by atoms with Gasteiger partial charge in [0.25, 0.3) is 0 Å². The third kappa shape index (κ3) is 10.1. The molecule has 0 spiro atoms. The van der Waals surface area contributed by atoms with Crippen LogP contribution in [0, 0.1) is 23.3 Å². The van der Waals surface area contributed by atoms with Crippen molar-refractivity contribution in [3.05, 3.63) is 82.2 Å². The molecule has 5 heterocycles. The summed E-state index contributed by atoms with van der Waals surface area (Å²) in [6.07, 6.45) is 0.194. The van der Waals surface area contributed by atoms with Crippen LogP contribution in [0.1, 0.15) is 68.2 Å². The number of halogens is 6. The molecule has 0 saturated carbocycles. The fourth-order valence-corrected chi connectivity index (χ4v) is 9.72. The number of carbonyl (C=O) groups is 1. The minimum absolute atomic E-state index is 0. The maximum absolute atomic E-state index is 15.1. The third-order valence-electron chi connectivity index (χ3n) is 9.87. The second kappa shape index (κ2) is 17.0. The maximum atomic E-state index is 15.1. The molecule has 14 nitrogen and oxygen atoms in total. The van der Waals surface area contributed by atoms with Gasteiger partial charge in [0.15, 0.2) is 31.9 Å². The molecular formula is C35H40F6N6O8S2. The van der Waals surface area contributed by atoms with Crippen LogP contribution in [0.4, 0.5) is 31.1 Å². The van der Waals surface area contributed by atoms with Crippen LogP contribution in [-0.4, -0.2) is 98.2 Å². The molecule has 2 fully saturated rings. The Balaban J connectivity index is 0.000000214. The second-order valence-corrected chi connectivity index (χ2v) is 18.4. The van der Waals surface area contributed by atoms with E-state index < -0.39 is 126 Å². The van der Waals surface area contributed by atoms with Gasteiger partial charge >= 0.3 is 6.09 Å². The molecule has 22 heteroatoms. The minimum Gasteiger partial charge on any atom is -0.453 e. The van der Waals surface area contributed by atoms with Gasteiger partial charge in [-0.25, -0.2) is 52.7 Å². The van der Waals surface area contributed by atoms with Gasteiger partial charge in [-0.05, 0) is 49.9 Å². The largest absolute Gasteiger partial charge is 0.453 e. The topological polar surface area (TPSA) is 180 Å². The number of nitrogens with one attached hydrogen (secondary N) is 1. The van der Waals surface area contributed by atoms with Gasteiger partial charge in [0, 0.05) is 30.2 Å². The predicted molar refractivity (Wildman–Crippen MR) is 193 cm³/mol. The number of hydrogen-bond donors (Lipinski definition) is 1. The first-order valence-electron chi connectivity index (χ1n) is 17.3. The Morgan fingerprint density at radius 1 is 0.789 bits per heavy atom. The van der Waals surface area contributed by atoms with Crippen molar-refractivity contribution >= 4 is 37.2 Å². The summed E-state index contributed by atoms with van der Waals surface area (Å²) < 4.78 is 141. The van der Waals surface area contributed by atoms with Gasteiger partial charge in [-0.3, -0.25) is 0 Å². The Morgan fingerprint density at radius 2 is 1.21 bits per heavy atom. The van der Waals surface area contributed by atoms with Gasteiger partial charge in [0.05, 0.1) is 72.0 Å². The van der Waals surface area contributed by atoms with Crippen LogP contribution in [0.15, 0.2) is 47.0 Å². The smallest absolute Gasteiger partial charge is 0.406 e. The zero-order chi connectivity index (χ0) is 40.5. The predicted octanol–water partition coefficient (Wildman–Crippen LogP) is 4.95. The molecule has 4 aliphatic heterocycles. The standard InChI is InChI=1S/C17H17F3N4O3S.C17H19F3N2O5S.CH4/c18-13-7-11(15-9-12(27-22-15)10-24-4-3-21-23-24)8-14(19)16(13)17(20)1-5-28(25,26)6-2-17;1-26-16(23)21-9-11-8-14(22-27-11)10-6-12(18)15(13(19)7-10)17(20)2-4-28(24,25)5-3-17;/h3-4,7-8,12H,1-2,5-6,9-10H2;6-7,11H,2-5,8-9H2,1H3,(H,21,23);1H4/t12-;11-;/m11./s1. The Bertz CT molecular complexity index is 2190. The molecule has 2 atom stereocenters. The highest BCUT2D eigenvalue weighted by molar-refractivity contribution is 7.91. The summed E-state index contributed by atoms with van der Waals surface area (Å²) in [5.74, 6) is -6.10. The number of methoxy groups -OCH3 is 1. The quantitative estimate of drug-likeness (QED) is 0.305. The lowest BCUT2D eigenvalue weighted by atomic mass is 9.87. The summed E-state index contributed by atoms with van der Waals surface area (Å²) in [4.78, 5) is 21.5. The van der Waals surface area contributed by atoms with E-state index in [9.17, 15) is 39.2 Å². The number of hydrogen-bond acceptors (Lipinski definition) is 12. The van der Waals surface area contributed by atoms with Crippen LogP contribution in [0.2, 0.25) is 0 Å². The number of rotatable bonds is 8. The van der Waals surface area contributed by atoms with Crippen molar-refractivity contribution in [2.45, 2.75) is 76.0 Å². The molecule has 1 amide bonds. The van der Waals surface area contributed by atoms with E-state index in [1.54, 1.807) is 10.9 Å². The van der Waals surface area contributed by atoms with Crippen LogP contribution in [0.5, 0.6) is 0 Å². The molecule has 0 bridgehead atoms. The van der Waals surface area contributed by atoms with Gasteiger partial charge in [-0.1, -0.05) is 23.0 Å². The van der Waals surface area contributed by atoms with Crippen LogP contribution in [0.3, 0.4) is 0 Å². The van der Waals surface area contributed by atoms with E-state index in [1.807, 2.05) is 0 Å². The molecule has 1 aromatic heterocycles. The van der Waals surface area contributed by atoms with Crippen LogP contribution < -0.4 is 5.32 Å². The highest BCUT2D eigenvalue weighted by atomic mass is 32.2.